The Kier molecular flexibility index (Phi) is 4.28. The number of hydrogen-bond donors (Lipinski definition) is 1. The molecule has 1 aromatic carbocycles. The summed E-state index contributed by atoms with van der Waals surface area (Å²) in [6, 6.07) is 7.72. The van der Waals surface area contributed by atoms with E-state index < -0.39 is 0 Å². The summed E-state index contributed by atoms with van der Waals surface area (Å²) >= 11 is 7.53. The number of nitrogens with one attached hydrogen (secondary N) is 1. The van der Waals surface area contributed by atoms with Crippen LogP contribution in [-0.2, 0) is 0 Å². The lowest BCUT2D eigenvalue weighted by atomic mass is 10.3. The average Bonchev–Trinajstić information content (AvgIpc) is 2.42. The van der Waals surface area contributed by atoms with Gasteiger partial charge in [0.05, 0.1) is 23.2 Å². The fourth-order valence-electron chi connectivity index (χ4n) is 1.35. The highest BCUT2D eigenvalue weighted by atomic mass is 35.5. The second-order valence-electron chi connectivity index (χ2n) is 3.35. The lowest BCUT2D eigenvalue weighted by molar-refractivity contribution is 0.405. The molecule has 0 bridgehead atoms. The van der Waals surface area contributed by atoms with Crippen LogP contribution in [0.5, 0.6) is 5.75 Å². The predicted octanol–water partition coefficient (Wildman–Crippen LogP) is 3.33. The number of anilines is 1. The van der Waals surface area contributed by atoms with Gasteiger partial charge in [-0.3, -0.25) is 0 Å². The molecule has 1 aromatic heterocycles. The topological polar surface area (TPSA) is 47.0 Å². The number of halogens is 1. The van der Waals surface area contributed by atoms with Crippen LogP contribution in [0.1, 0.15) is 0 Å². The Hall–Kier alpha value is -1.46. The zero-order valence-corrected chi connectivity index (χ0v) is 11.5. The number of rotatable bonds is 4. The molecule has 94 valence electrons. The molecule has 0 atom stereocenters. The first kappa shape index (κ1) is 13.0. The Morgan fingerprint density at radius 1 is 1.33 bits per heavy atom. The van der Waals surface area contributed by atoms with Crippen molar-refractivity contribution in [3.63, 3.8) is 0 Å². The molecule has 0 aliphatic carbocycles. The van der Waals surface area contributed by atoms with Gasteiger partial charge < -0.3 is 10.1 Å². The van der Waals surface area contributed by atoms with Gasteiger partial charge in [-0.25, -0.2) is 9.97 Å². The number of aromatic nitrogens is 2. The van der Waals surface area contributed by atoms with E-state index in [0.29, 0.717) is 16.0 Å². The molecule has 0 amide bonds. The second kappa shape index (κ2) is 5.93. The van der Waals surface area contributed by atoms with Crippen molar-refractivity contribution < 1.29 is 4.74 Å². The zero-order chi connectivity index (χ0) is 13.0. The van der Waals surface area contributed by atoms with Gasteiger partial charge in [-0.15, -0.1) is 0 Å². The van der Waals surface area contributed by atoms with Gasteiger partial charge in [-0.05, 0) is 12.1 Å². The third kappa shape index (κ3) is 2.86. The van der Waals surface area contributed by atoms with E-state index in [9.17, 15) is 0 Å². The molecule has 0 aliphatic heterocycles. The fraction of sp³-hybridized carbons (Fsp3) is 0.167. The van der Waals surface area contributed by atoms with E-state index in [4.69, 9.17) is 16.3 Å². The van der Waals surface area contributed by atoms with Gasteiger partial charge in [0, 0.05) is 7.05 Å². The summed E-state index contributed by atoms with van der Waals surface area (Å²) in [6.07, 6.45) is 1.58. The molecule has 0 fully saturated rings. The molecular weight excluding hydrogens is 270 g/mol. The lowest BCUT2D eigenvalue weighted by Crippen LogP contribution is -1.97. The third-order valence-corrected chi connectivity index (χ3v) is 3.66. The molecular formula is C12H12ClN3OS. The highest BCUT2D eigenvalue weighted by molar-refractivity contribution is 7.99. The van der Waals surface area contributed by atoms with Crippen molar-refractivity contribution in [2.75, 3.05) is 19.5 Å². The first-order valence-electron chi connectivity index (χ1n) is 5.25. The van der Waals surface area contributed by atoms with Gasteiger partial charge in [-0.1, -0.05) is 35.5 Å². The summed E-state index contributed by atoms with van der Waals surface area (Å²) < 4.78 is 5.29. The van der Waals surface area contributed by atoms with Crippen molar-refractivity contribution >= 4 is 29.3 Å². The standard InChI is InChI=1S/C12H12ClN3OS/c1-14-12-15-7-8(13)11(16-12)18-10-6-4-3-5-9(10)17-2/h3-7H,1-2H3,(H,14,15,16). The van der Waals surface area contributed by atoms with Crippen LogP contribution in [0.2, 0.25) is 5.02 Å². The number of hydrogen-bond acceptors (Lipinski definition) is 5. The average molecular weight is 282 g/mol. The number of para-hydroxylation sites is 1. The number of benzene rings is 1. The second-order valence-corrected chi connectivity index (χ2v) is 4.79. The van der Waals surface area contributed by atoms with E-state index in [1.807, 2.05) is 24.3 Å². The van der Waals surface area contributed by atoms with Crippen LogP contribution in [-0.4, -0.2) is 24.1 Å². The molecule has 1 heterocycles. The van der Waals surface area contributed by atoms with Gasteiger partial charge in [-0.2, -0.15) is 0 Å². The van der Waals surface area contributed by atoms with Gasteiger partial charge in [0.1, 0.15) is 10.8 Å². The Bertz CT molecular complexity index is 551. The molecule has 0 saturated heterocycles. The summed E-state index contributed by atoms with van der Waals surface area (Å²) in [6.45, 7) is 0. The van der Waals surface area contributed by atoms with E-state index in [2.05, 4.69) is 15.3 Å². The normalized spacial score (nSPS) is 10.2. The zero-order valence-electron chi connectivity index (χ0n) is 9.98. The number of methoxy groups -OCH3 is 1. The first-order chi connectivity index (χ1) is 8.74. The summed E-state index contributed by atoms with van der Waals surface area (Å²) in [5.41, 5.74) is 0. The van der Waals surface area contributed by atoms with Crippen LogP contribution in [0.15, 0.2) is 40.4 Å². The van der Waals surface area contributed by atoms with E-state index in [1.54, 1.807) is 20.4 Å². The Morgan fingerprint density at radius 3 is 2.83 bits per heavy atom. The Labute approximate surface area is 115 Å². The van der Waals surface area contributed by atoms with Crippen molar-refractivity contribution in [1.82, 2.24) is 9.97 Å². The van der Waals surface area contributed by atoms with Crippen molar-refractivity contribution in [3.05, 3.63) is 35.5 Å². The minimum Gasteiger partial charge on any atom is -0.496 e. The monoisotopic (exact) mass is 281 g/mol. The third-order valence-electron chi connectivity index (χ3n) is 2.21. The fourth-order valence-corrected chi connectivity index (χ4v) is 2.45. The van der Waals surface area contributed by atoms with E-state index >= 15 is 0 Å². The number of nitrogens with zero attached hydrogens (tertiary/aromatic N) is 2. The summed E-state index contributed by atoms with van der Waals surface area (Å²) in [5, 5.41) is 4.10. The SMILES string of the molecule is CNc1ncc(Cl)c(Sc2ccccc2OC)n1. The molecule has 0 unspecified atom stereocenters. The van der Waals surface area contributed by atoms with E-state index in [-0.39, 0.29) is 0 Å². The highest BCUT2D eigenvalue weighted by Crippen LogP contribution is 2.36. The minimum absolute atomic E-state index is 0.518. The largest absolute Gasteiger partial charge is 0.496 e. The van der Waals surface area contributed by atoms with Crippen LogP contribution in [0.25, 0.3) is 0 Å². The van der Waals surface area contributed by atoms with Crippen LogP contribution in [0, 0.1) is 0 Å². The molecule has 0 radical (unpaired) electrons. The molecule has 0 aliphatic rings. The summed E-state index contributed by atoms with van der Waals surface area (Å²) in [7, 11) is 3.40. The smallest absolute Gasteiger partial charge is 0.223 e. The molecule has 0 saturated carbocycles. The molecule has 2 aromatic rings. The van der Waals surface area contributed by atoms with Crippen molar-refractivity contribution in [2.24, 2.45) is 0 Å². The van der Waals surface area contributed by atoms with Gasteiger partial charge in [0.2, 0.25) is 5.95 Å². The molecule has 0 spiro atoms. The van der Waals surface area contributed by atoms with Crippen molar-refractivity contribution in [2.45, 2.75) is 9.92 Å². The van der Waals surface area contributed by atoms with Crippen LogP contribution in [0.3, 0.4) is 0 Å². The maximum absolute atomic E-state index is 6.08. The quantitative estimate of drug-likeness (QED) is 0.871. The maximum atomic E-state index is 6.08. The van der Waals surface area contributed by atoms with Crippen LogP contribution >= 0.6 is 23.4 Å². The van der Waals surface area contributed by atoms with Gasteiger partial charge >= 0.3 is 0 Å². The van der Waals surface area contributed by atoms with Crippen LogP contribution < -0.4 is 10.1 Å². The van der Waals surface area contributed by atoms with E-state index in [1.165, 1.54) is 11.8 Å². The molecule has 4 nitrogen and oxygen atoms in total. The molecule has 6 heteroatoms. The molecule has 18 heavy (non-hydrogen) atoms. The summed E-state index contributed by atoms with van der Waals surface area (Å²) in [4.78, 5) is 9.32. The van der Waals surface area contributed by atoms with Crippen molar-refractivity contribution in [3.8, 4) is 5.75 Å². The summed E-state index contributed by atoms with van der Waals surface area (Å²) in [5.74, 6) is 1.33. The minimum atomic E-state index is 0.518. The molecule has 1 N–H and O–H groups in total. The molecule has 2 rings (SSSR count). The maximum Gasteiger partial charge on any atom is 0.223 e. The van der Waals surface area contributed by atoms with Crippen molar-refractivity contribution in [1.29, 1.82) is 0 Å². The van der Waals surface area contributed by atoms with Gasteiger partial charge in [0.25, 0.3) is 0 Å². The number of ether oxygens (including phenoxy) is 1. The highest BCUT2D eigenvalue weighted by Gasteiger charge is 2.10. The first-order valence-corrected chi connectivity index (χ1v) is 6.45. The van der Waals surface area contributed by atoms with Crippen LogP contribution in [0.4, 0.5) is 5.95 Å². The van der Waals surface area contributed by atoms with Gasteiger partial charge in [0.15, 0.2) is 0 Å². The predicted molar refractivity (Wildman–Crippen MR) is 73.7 cm³/mol. The Balaban J connectivity index is 2.33. The van der Waals surface area contributed by atoms with E-state index in [0.717, 1.165) is 10.6 Å². The lowest BCUT2D eigenvalue weighted by Gasteiger charge is -2.08. The Morgan fingerprint density at radius 2 is 2.11 bits per heavy atom.